The highest BCUT2D eigenvalue weighted by atomic mass is 16.6. The number of benzene rings is 1. The van der Waals surface area contributed by atoms with Crippen LogP contribution in [0.3, 0.4) is 0 Å². The number of aliphatic hydroxyl groups excluding tert-OH is 1. The molecule has 2 fully saturated rings. The first-order valence-corrected chi connectivity index (χ1v) is 7.59. The van der Waals surface area contributed by atoms with E-state index in [4.69, 9.17) is 9.84 Å². The zero-order valence-electron chi connectivity index (χ0n) is 12.8. The Morgan fingerprint density at radius 3 is 2.92 bits per heavy atom. The van der Waals surface area contributed by atoms with Crippen LogP contribution in [0, 0.1) is 11.8 Å². The van der Waals surface area contributed by atoms with E-state index in [9.17, 15) is 14.4 Å². The number of amides is 3. The Hall–Kier alpha value is -2.85. The fourth-order valence-corrected chi connectivity index (χ4v) is 2.85. The SMILES string of the molecule is O=C1CCC(N2C[C@H](c3cccc(C#CCO)c3)OC2=O)C(=O)N1. The Morgan fingerprint density at radius 1 is 1.33 bits per heavy atom. The zero-order chi connectivity index (χ0) is 17.1. The standard InChI is InChI=1S/C17H16N2O5/c20-8-2-4-11-3-1-5-12(9-11)14-10-19(17(23)24-14)13-6-7-15(21)18-16(13)22/h1,3,5,9,13-14,20H,6-8,10H2,(H,18,21,22)/t13?,14-/m1/s1. The third kappa shape index (κ3) is 3.24. The molecule has 2 heterocycles. The molecule has 1 unspecified atom stereocenters. The quantitative estimate of drug-likeness (QED) is 0.602. The minimum atomic E-state index is -0.683. The molecule has 24 heavy (non-hydrogen) atoms. The number of rotatable bonds is 2. The summed E-state index contributed by atoms with van der Waals surface area (Å²) in [7, 11) is 0. The molecule has 1 aromatic carbocycles. The van der Waals surface area contributed by atoms with Crippen LogP contribution in [0.2, 0.25) is 0 Å². The highest BCUT2D eigenvalue weighted by Crippen LogP contribution is 2.29. The largest absolute Gasteiger partial charge is 0.439 e. The number of nitrogens with one attached hydrogen (secondary N) is 1. The third-order valence-electron chi connectivity index (χ3n) is 4.00. The van der Waals surface area contributed by atoms with E-state index in [1.165, 1.54) is 4.90 Å². The van der Waals surface area contributed by atoms with Gasteiger partial charge in [-0.25, -0.2) is 4.79 Å². The number of hydrogen-bond donors (Lipinski definition) is 2. The topological polar surface area (TPSA) is 95.9 Å². The molecule has 0 bridgehead atoms. The third-order valence-corrected chi connectivity index (χ3v) is 4.00. The van der Waals surface area contributed by atoms with Crippen LogP contribution in [0.5, 0.6) is 0 Å². The van der Waals surface area contributed by atoms with Crippen molar-refractivity contribution in [2.24, 2.45) is 0 Å². The van der Waals surface area contributed by atoms with E-state index >= 15 is 0 Å². The second-order valence-electron chi connectivity index (χ2n) is 5.58. The molecule has 2 saturated heterocycles. The van der Waals surface area contributed by atoms with E-state index in [1.54, 1.807) is 18.2 Å². The molecule has 2 atom stereocenters. The van der Waals surface area contributed by atoms with Crippen LogP contribution in [0.15, 0.2) is 24.3 Å². The van der Waals surface area contributed by atoms with Gasteiger partial charge in [0.25, 0.3) is 0 Å². The Kier molecular flexibility index (Phi) is 4.49. The van der Waals surface area contributed by atoms with Crippen molar-refractivity contribution in [3.63, 3.8) is 0 Å². The molecule has 2 aliphatic rings. The first-order chi connectivity index (χ1) is 11.6. The van der Waals surface area contributed by atoms with Crippen LogP contribution in [-0.2, 0) is 14.3 Å². The van der Waals surface area contributed by atoms with Gasteiger partial charge in [0.05, 0.1) is 6.54 Å². The van der Waals surface area contributed by atoms with Gasteiger partial charge < -0.3 is 9.84 Å². The lowest BCUT2D eigenvalue weighted by molar-refractivity contribution is -0.136. The van der Waals surface area contributed by atoms with Gasteiger partial charge in [0.15, 0.2) is 0 Å². The van der Waals surface area contributed by atoms with Crippen LogP contribution >= 0.6 is 0 Å². The number of aliphatic hydroxyl groups is 1. The number of cyclic esters (lactones) is 1. The van der Waals surface area contributed by atoms with Gasteiger partial charge in [0.2, 0.25) is 11.8 Å². The summed E-state index contributed by atoms with van der Waals surface area (Å²) in [5, 5.41) is 11.0. The molecular weight excluding hydrogens is 312 g/mol. The van der Waals surface area contributed by atoms with Crippen molar-refractivity contribution in [2.75, 3.05) is 13.2 Å². The lowest BCUT2D eigenvalue weighted by Gasteiger charge is -2.27. The molecule has 3 rings (SSSR count). The van der Waals surface area contributed by atoms with Crippen molar-refractivity contribution < 1.29 is 24.2 Å². The maximum atomic E-state index is 12.1. The minimum absolute atomic E-state index is 0.205. The molecule has 0 radical (unpaired) electrons. The Morgan fingerprint density at radius 2 is 2.17 bits per heavy atom. The first kappa shape index (κ1) is 16.0. The van der Waals surface area contributed by atoms with Crippen molar-refractivity contribution >= 4 is 17.9 Å². The van der Waals surface area contributed by atoms with E-state index in [-0.39, 0.29) is 25.5 Å². The van der Waals surface area contributed by atoms with Crippen molar-refractivity contribution in [3.05, 3.63) is 35.4 Å². The summed E-state index contributed by atoms with van der Waals surface area (Å²) in [5.41, 5.74) is 1.47. The lowest BCUT2D eigenvalue weighted by atomic mass is 10.0. The van der Waals surface area contributed by atoms with E-state index in [0.717, 1.165) is 5.56 Å². The molecule has 3 amide bonds. The molecule has 2 aliphatic heterocycles. The molecule has 0 aliphatic carbocycles. The number of hydrogen-bond acceptors (Lipinski definition) is 5. The Bertz CT molecular complexity index is 749. The van der Waals surface area contributed by atoms with E-state index in [2.05, 4.69) is 17.2 Å². The van der Waals surface area contributed by atoms with Gasteiger partial charge in [0.1, 0.15) is 18.8 Å². The minimum Gasteiger partial charge on any atom is -0.439 e. The van der Waals surface area contributed by atoms with E-state index in [1.807, 2.05) is 6.07 Å². The van der Waals surface area contributed by atoms with Gasteiger partial charge >= 0.3 is 6.09 Å². The number of carbonyl (C=O) groups is 3. The highest BCUT2D eigenvalue weighted by Gasteiger charge is 2.41. The average Bonchev–Trinajstić information content (AvgIpc) is 2.95. The van der Waals surface area contributed by atoms with Crippen LogP contribution in [0.25, 0.3) is 0 Å². The predicted molar refractivity (Wildman–Crippen MR) is 82.5 cm³/mol. The zero-order valence-corrected chi connectivity index (χ0v) is 12.8. The van der Waals surface area contributed by atoms with Crippen molar-refractivity contribution in [1.82, 2.24) is 10.2 Å². The smallest absolute Gasteiger partial charge is 0.411 e. The average molecular weight is 328 g/mol. The highest BCUT2D eigenvalue weighted by molar-refractivity contribution is 6.01. The molecule has 0 aromatic heterocycles. The Labute approximate surface area is 138 Å². The molecule has 7 nitrogen and oxygen atoms in total. The summed E-state index contributed by atoms with van der Waals surface area (Å²) in [6.07, 6.45) is -0.564. The molecule has 7 heteroatoms. The normalized spacial score (nSPS) is 23.4. The second-order valence-corrected chi connectivity index (χ2v) is 5.58. The molecule has 0 spiro atoms. The van der Waals surface area contributed by atoms with Crippen LogP contribution in [0.4, 0.5) is 4.79 Å². The number of carbonyl (C=O) groups excluding carboxylic acids is 3. The van der Waals surface area contributed by atoms with E-state index < -0.39 is 24.1 Å². The number of piperidine rings is 1. The molecule has 2 N–H and O–H groups in total. The lowest BCUT2D eigenvalue weighted by Crippen LogP contribution is -2.52. The molecular formula is C17H16N2O5. The first-order valence-electron chi connectivity index (χ1n) is 7.59. The van der Waals surface area contributed by atoms with Gasteiger partial charge in [-0.2, -0.15) is 0 Å². The summed E-state index contributed by atoms with van der Waals surface area (Å²) in [4.78, 5) is 36.6. The van der Waals surface area contributed by atoms with Gasteiger partial charge in [-0.15, -0.1) is 0 Å². The molecule has 0 saturated carbocycles. The Balaban J connectivity index is 1.75. The summed E-state index contributed by atoms with van der Waals surface area (Å²) >= 11 is 0. The summed E-state index contributed by atoms with van der Waals surface area (Å²) in [6, 6.07) is 6.50. The molecule has 124 valence electrons. The van der Waals surface area contributed by atoms with Gasteiger partial charge in [0, 0.05) is 12.0 Å². The van der Waals surface area contributed by atoms with Crippen molar-refractivity contribution in [2.45, 2.75) is 25.0 Å². The maximum absolute atomic E-state index is 12.1. The van der Waals surface area contributed by atoms with Crippen molar-refractivity contribution in [1.29, 1.82) is 0 Å². The van der Waals surface area contributed by atoms with Crippen LogP contribution in [-0.4, -0.2) is 47.1 Å². The number of ether oxygens (including phenoxy) is 1. The van der Waals surface area contributed by atoms with Crippen molar-refractivity contribution in [3.8, 4) is 11.8 Å². The molecule has 1 aromatic rings. The van der Waals surface area contributed by atoms with Gasteiger partial charge in [-0.05, 0) is 24.1 Å². The number of imide groups is 1. The van der Waals surface area contributed by atoms with Crippen LogP contribution < -0.4 is 5.32 Å². The monoisotopic (exact) mass is 328 g/mol. The maximum Gasteiger partial charge on any atom is 0.411 e. The van der Waals surface area contributed by atoms with Gasteiger partial charge in [-0.3, -0.25) is 19.8 Å². The summed E-state index contributed by atoms with van der Waals surface area (Å²) < 4.78 is 5.37. The van der Waals surface area contributed by atoms with E-state index in [0.29, 0.717) is 12.0 Å². The fourth-order valence-electron chi connectivity index (χ4n) is 2.85. The summed E-state index contributed by atoms with van der Waals surface area (Å²) in [6.45, 7) is 0.00786. The number of nitrogens with zero attached hydrogens (tertiary/aromatic N) is 1. The van der Waals surface area contributed by atoms with Crippen LogP contribution in [0.1, 0.15) is 30.1 Å². The van der Waals surface area contributed by atoms with Gasteiger partial charge in [-0.1, -0.05) is 24.0 Å². The fraction of sp³-hybridized carbons (Fsp3) is 0.353. The summed E-state index contributed by atoms with van der Waals surface area (Å²) in [5.74, 6) is 4.57. The second kappa shape index (κ2) is 6.72. The predicted octanol–water partition coefficient (Wildman–Crippen LogP) is 0.329.